The Kier molecular flexibility index (Phi) is 1.58. The van der Waals surface area contributed by atoms with Gasteiger partial charge in [-0.3, -0.25) is 4.79 Å². The average molecular weight is 183 g/mol. The number of fused-ring (bicyclic) bond motifs is 1. The fourth-order valence-electron chi connectivity index (χ4n) is 1.48. The fraction of sp³-hybridized carbons (Fsp3) is 0.222. The second-order valence-electron chi connectivity index (χ2n) is 3.04. The van der Waals surface area contributed by atoms with E-state index >= 15 is 0 Å². The molecule has 1 heterocycles. The molecule has 0 saturated carbocycles. The number of halogens is 2. The molecular weight excluding hydrogens is 176 g/mol. The number of amides is 1. The van der Waals surface area contributed by atoms with Crippen LogP contribution in [0.25, 0.3) is 0 Å². The summed E-state index contributed by atoms with van der Waals surface area (Å²) in [6.45, 7) is 0.151. The molecule has 0 saturated heterocycles. The van der Waals surface area contributed by atoms with Crippen molar-refractivity contribution in [3.05, 3.63) is 34.9 Å². The minimum absolute atomic E-state index is 0.123. The molecule has 1 amide bonds. The molecule has 1 aliphatic heterocycles. The van der Waals surface area contributed by atoms with Gasteiger partial charge < -0.3 is 4.90 Å². The molecule has 0 unspecified atom stereocenters. The second-order valence-corrected chi connectivity index (χ2v) is 3.04. The molecule has 13 heavy (non-hydrogen) atoms. The van der Waals surface area contributed by atoms with Crippen molar-refractivity contribution in [2.24, 2.45) is 0 Å². The highest BCUT2D eigenvalue weighted by Gasteiger charge is 2.30. The molecule has 0 aliphatic carbocycles. The number of benzene rings is 1. The first-order valence-corrected chi connectivity index (χ1v) is 3.83. The van der Waals surface area contributed by atoms with Crippen molar-refractivity contribution in [3.8, 4) is 0 Å². The zero-order chi connectivity index (χ0) is 9.59. The molecule has 0 atom stereocenters. The number of hydrogen-bond donors (Lipinski definition) is 0. The summed E-state index contributed by atoms with van der Waals surface area (Å²) in [6, 6.07) is 2.02. The summed E-state index contributed by atoms with van der Waals surface area (Å²) in [5.41, 5.74) is 0.0370. The lowest BCUT2D eigenvalue weighted by Crippen LogP contribution is -2.18. The minimum atomic E-state index is -0.647. The third kappa shape index (κ3) is 1.02. The van der Waals surface area contributed by atoms with Crippen LogP contribution < -0.4 is 0 Å². The zero-order valence-corrected chi connectivity index (χ0v) is 6.97. The van der Waals surface area contributed by atoms with Gasteiger partial charge in [-0.1, -0.05) is 0 Å². The average Bonchev–Trinajstić information content (AvgIpc) is 2.38. The van der Waals surface area contributed by atoms with E-state index in [1.807, 2.05) is 0 Å². The van der Waals surface area contributed by atoms with E-state index in [9.17, 15) is 13.6 Å². The van der Waals surface area contributed by atoms with Gasteiger partial charge in [0, 0.05) is 19.2 Å². The van der Waals surface area contributed by atoms with Crippen LogP contribution in [0.5, 0.6) is 0 Å². The van der Waals surface area contributed by atoms with E-state index < -0.39 is 17.5 Å². The maximum absolute atomic E-state index is 13.1. The molecule has 2 nitrogen and oxygen atoms in total. The molecule has 1 aromatic carbocycles. The predicted octanol–water partition coefficient (Wildman–Crippen LogP) is 1.55. The summed E-state index contributed by atoms with van der Waals surface area (Å²) in [6.07, 6.45) is 0. The Balaban J connectivity index is 2.68. The first-order valence-electron chi connectivity index (χ1n) is 3.83. The van der Waals surface area contributed by atoms with E-state index in [0.717, 1.165) is 12.1 Å². The van der Waals surface area contributed by atoms with E-state index in [1.165, 1.54) is 11.9 Å². The SMILES string of the molecule is CN1Cc2c(F)ccc(F)c2C1=O. The normalized spacial score (nSPS) is 15.0. The third-order valence-corrected chi connectivity index (χ3v) is 2.16. The lowest BCUT2D eigenvalue weighted by molar-refractivity contribution is 0.0813. The summed E-state index contributed by atoms with van der Waals surface area (Å²) in [4.78, 5) is 12.6. The highest BCUT2D eigenvalue weighted by molar-refractivity contribution is 5.98. The quantitative estimate of drug-likeness (QED) is 0.597. The van der Waals surface area contributed by atoms with Crippen molar-refractivity contribution >= 4 is 5.91 Å². The molecule has 2 rings (SSSR count). The smallest absolute Gasteiger partial charge is 0.257 e. The van der Waals surface area contributed by atoms with E-state index in [2.05, 4.69) is 0 Å². The molecule has 0 aromatic heterocycles. The largest absolute Gasteiger partial charge is 0.337 e. The Morgan fingerprint density at radius 2 is 1.92 bits per heavy atom. The molecule has 0 radical (unpaired) electrons. The van der Waals surface area contributed by atoms with Crippen LogP contribution in [0.1, 0.15) is 15.9 Å². The highest BCUT2D eigenvalue weighted by Crippen LogP contribution is 2.26. The van der Waals surface area contributed by atoms with Gasteiger partial charge in [0.1, 0.15) is 11.6 Å². The fourth-order valence-corrected chi connectivity index (χ4v) is 1.48. The van der Waals surface area contributed by atoms with Gasteiger partial charge in [-0.25, -0.2) is 8.78 Å². The third-order valence-electron chi connectivity index (χ3n) is 2.16. The lowest BCUT2D eigenvalue weighted by atomic mass is 10.1. The van der Waals surface area contributed by atoms with Crippen LogP contribution in [0.4, 0.5) is 8.78 Å². The molecule has 4 heteroatoms. The van der Waals surface area contributed by atoms with Crippen LogP contribution >= 0.6 is 0 Å². The first kappa shape index (κ1) is 8.16. The molecule has 1 aromatic rings. The van der Waals surface area contributed by atoms with Crippen LogP contribution in [0.2, 0.25) is 0 Å². The molecule has 0 bridgehead atoms. The van der Waals surface area contributed by atoms with E-state index in [0.29, 0.717) is 0 Å². The summed E-state index contributed by atoms with van der Waals surface area (Å²) >= 11 is 0. The number of carbonyl (C=O) groups is 1. The Morgan fingerprint density at radius 1 is 1.31 bits per heavy atom. The molecule has 0 spiro atoms. The Hall–Kier alpha value is -1.45. The molecule has 0 N–H and O–H groups in total. The van der Waals surface area contributed by atoms with Crippen LogP contribution in [-0.4, -0.2) is 17.9 Å². The topological polar surface area (TPSA) is 20.3 Å². The van der Waals surface area contributed by atoms with Crippen LogP contribution in [0, 0.1) is 11.6 Å². The maximum Gasteiger partial charge on any atom is 0.257 e. The second kappa shape index (κ2) is 2.52. The Bertz CT molecular complexity index is 389. The molecule has 1 aliphatic rings. The lowest BCUT2D eigenvalue weighted by Gasteiger charge is -2.04. The molecule has 68 valence electrons. The number of hydrogen-bond acceptors (Lipinski definition) is 1. The number of carbonyl (C=O) groups excluding carboxylic acids is 1. The van der Waals surface area contributed by atoms with Crippen molar-refractivity contribution in [1.29, 1.82) is 0 Å². The van der Waals surface area contributed by atoms with E-state index in [4.69, 9.17) is 0 Å². The van der Waals surface area contributed by atoms with Gasteiger partial charge in [0.15, 0.2) is 0 Å². The van der Waals surface area contributed by atoms with Gasteiger partial charge in [-0.05, 0) is 12.1 Å². The zero-order valence-electron chi connectivity index (χ0n) is 6.97. The molecular formula is C9H7F2NO. The van der Waals surface area contributed by atoms with Crippen molar-refractivity contribution in [2.45, 2.75) is 6.54 Å². The number of rotatable bonds is 0. The van der Waals surface area contributed by atoms with Gasteiger partial charge in [-0.15, -0.1) is 0 Å². The summed E-state index contributed by atoms with van der Waals surface area (Å²) in [7, 11) is 1.52. The van der Waals surface area contributed by atoms with Crippen molar-refractivity contribution < 1.29 is 13.6 Å². The van der Waals surface area contributed by atoms with Gasteiger partial charge in [-0.2, -0.15) is 0 Å². The summed E-state index contributed by atoms with van der Waals surface area (Å²) in [5.74, 6) is -1.62. The standard InChI is InChI=1S/C9H7F2NO/c1-12-4-5-6(10)2-3-7(11)8(5)9(12)13/h2-3H,4H2,1H3. The van der Waals surface area contributed by atoms with E-state index in [-0.39, 0.29) is 17.7 Å². The van der Waals surface area contributed by atoms with Crippen LogP contribution in [-0.2, 0) is 6.54 Å². The van der Waals surface area contributed by atoms with Crippen molar-refractivity contribution in [2.75, 3.05) is 7.05 Å². The summed E-state index contributed by atoms with van der Waals surface area (Å²) < 4.78 is 26.2. The van der Waals surface area contributed by atoms with E-state index in [1.54, 1.807) is 0 Å². The molecule has 0 fully saturated rings. The van der Waals surface area contributed by atoms with Crippen LogP contribution in [0.15, 0.2) is 12.1 Å². The van der Waals surface area contributed by atoms with Gasteiger partial charge in [0.25, 0.3) is 5.91 Å². The van der Waals surface area contributed by atoms with Gasteiger partial charge in [0.2, 0.25) is 0 Å². The van der Waals surface area contributed by atoms with Gasteiger partial charge in [0.05, 0.1) is 5.56 Å². The van der Waals surface area contributed by atoms with Crippen molar-refractivity contribution in [3.63, 3.8) is 0 Å². The minimum Gasteiger partial charge on any atom is -0.337 e. The highest BCUT2D eigenvalue weighted by atomic mass is 19.1. The van der Waals surface area contributed by atoms with Crippen molar-refractivity contribution in [1.82, 2.24) is 4.90 Å². The summed E-state index contributed by atoms with van der Waals surface area (Å²) in [5, 5.41) is 0. The number of nitrogens with zero attached hydrogens (tertiary/aromatic N) is 1. The van der Waals surface area contributed by atoms with Crippen LogP contribution in [0.3, 0.4) is 0 Å². The maximum atomic E-state index is 13.1. The Labute approximate surface area is 73.8 Å². The monoisotopic (exact) mass is 183 g/mol. The van der Waals surface area contributed by atoms with Gasteiger partial charge >= 0.3 is 0 Å². The predicted molar refractivity (Wildman–Crippen MR) is 42.2 cm³/mol. The Morgan fingerprint density at radius 3 is 2.54 bits per heavy atom. The first-order chi connectivity index (χ1) is 6.11.